The Morgan fingerprint density at radius 3 is 2.39 bits per heavy atom. The fourth-order valence-corrected chi connectivity index (χ4v) is 3.80. The molecule has 1 aromatic carbocycles. The minimum absolute atomic E-state index is 0.00546. The molecule has 0 bridgehead atoms. The monoisotopic (exact) mass is 386 g/mol. The first kappa shape index (κ1) is 20.8. The van der Waals surface area contributed by atoms with Crippen molar-refractivity contribution in [3.05, 3.63) is 29.8 Å². The molecular formula is C23H34N2O3. The molecule has 1 saturated carbocycles. The second-order valence-electron chi connectivity index (χ2n) is 8.11. The van der Waals surface area contributed by atoms with E-state index in [1.165, 1.54) is 19.3 Å². The Morgan fingerprint density at radius 1 is 1.04 bits per heavy atom. The zero-order valence-electron chi connectivity index (χ0n) is 17.1. The van der Waals surface area contributed by atoms with E-state index in [2.05, 4.69) is 17.1 Å². The third-order valence-electron chi connectivity index (χ3n) is 5.73. The minimum atomic E-state index is -0.00546. The smallest absolute Gasteiger partial charge is 0.220 e. The molecule has 28 heavy (non-hydrogen) atoms. The van der Waals surface area contributed by atoms with Crippen LogP contribution in [0.3, 0.4) is 0 Å². The molecule has 0 atom stereocenters. The van der Waals surface area contributed by atoms with Crippen LogP contribution in [0, 0.1) is 0 Å². The van der Waals surface area contributed by atoms with E-state index >= 15 is 0 Å². The summed E-state index contributed by atoms with van der Waals surface area (Å²) in [6.07, 6.45) is 8.62. The van der Waals surface area contributed by atoms with Gasteiger partial charge in [0, 0.05) is 43.6 Å². The number of piperidine rings is 1. The van der Waals surface area contributed by atoms with Gasteiger partial charge in [-0.15, -0.1) is 0 Å². The Hall–Kier alpha value is -1.88. The van der Waals surface area contributed by atoms with Crippen LogP contribution in [0.25, 0.3) is 0 Å². The number of hydrogen-bond donors (Lipinski definition) is 1. The molecule has 2 fully saturated rings. The molecule has 3 rings (SSSR count). The van der Waals surface area contributed by atoms with Crippen LogP contribution in [0.4, 0.5) is 0 Å². The summed E-state index contributed by atoms with van der Waals surface area (Å²) in [5, 5.41) is 3.11. The van der Waals surface area contributed by atoms with Gasteiger partial charge in [-0.3, -0.25) is 9.59 Å². The van der Waals surface area contributed by atoms with Crippen molar-refractivity contribution in [1.82, 2.24) is 10.2 Å². The first-order valence-electron chi connectivity index (χ1n) is 10.9. The number of rotatable bonds is 11. The first-order chi connectivity index (χ1) is 13.7. The van der Waals surface area contributed by atoms with Gasteiger partial charge in [0.15, 0.2) is 5.78 Å². The SMILES string of the molecule is CCCCCOc1ccc(C(=O)CCC(=O)NC2CCN(C3CC3)CC2)cc1. The summed E-state index contributed by atoms with van der Waals surface area (Å²) < 4.78 is 5.67. The van der Waals surface area contributed by atoms with Gasteiger partial charge in [0.2, 0.25) is 5.91 Å². The first-order valence-corrected chi connectivity index (χ1v) is 10.9. The molecule has 1 aromatic rings. The average molecular weight is 387 g/mol. The molecule has 1 saturated heterocycles. The molecule has 154 valence electrons. The van der Waals surface area contributed by atoms with Crippen LogP contribution in [-0.2, 0) is 4.79 Å². The molecule has 5 heteroatoms. The topological polar surface area (TPSA) is 58.6 Å². The van der Waals surface area contributed by atoms with Gasteiger partial charge in [-0.05, 0) is 56.4 Å². The maximum atomic E-state index is 12.3. The Bertz CT molecular complexity index is 632. The molecule has 0 radical (unpaired) electrons. The van der Waals surface area contributed by atoms with Gasteiger partial charge in [0.25, 0.3) is 0 Å². The van der Waals surface area contributed by atoms with E-state index in [0.29, 0.717) is 12.2 Å². The highest BCUT2D eigenvalue weighted by Gasteiger charge is 2.32. The number of carbonyl (C=O) groups excluding carboxylic acids is 2. The molecule has 1 amide bonds. The highest BCUT2D eigenvalue weighted by molar-refractivity contribution is 5.98. The Labute approximate surface area is 168 Å². The summed E-state index contributed by atoms with van der Waals surface area (Å²) in [6, 6.07) is 8.34. The number of amides is 1. The van der Waals surface area contributed by atoms with E-state index in [1.807, 2.05) is 12.1 Å². The normalized spacial score (nSPS) is 18.0. The molecule has 2 aliphatic rings. The van der Waals surface area contributed by atoms with Crippen LogP contribution in [0.2, 0.25) is 0 Å². The van der Waals surface area contributed by atoms with Crippen molar-refractivity contribution in [2.75, 3.05) is 19.7 Å². The highest BCUT2D eigenvalue weighted by atomic mass is 16.5. The third-order valence-corrected chi connectivity index (χ3v) is 5.73. The lowest BCUT2D eigenvalue weighted by Crippen LogP contribution is -2.45. The van der Waals surface area contributed by atoms with E-state index < -0.39 is 0 Å². The zero-order chi connectivity index (χ0) is 19.8. The van der Waals surface area contributed by atoms with Crippen LogP contribution in [0.1, 0.15) is 75.1 Å². The Balaban J connectivity index is 1.33. The van der Waals surface area contributed by atoms with Crippen LogP contribution >= 0.6 is 0 Å². The summed E-state index contributed by atoms with van der Waals surface area (Å²) in [5.41, 5.74) is 0.645. The molecule has 1 N–H and O–H groups in total. The lowest BCUT2D eigenvalue weighted by atomic mass is 10.0. The number of nitrogens with zero attached hydrogens (tertiary/aromatic N) is 1. The molecule has 1 aliphatic heterocycles. The van der Waals surface area contributed by atoms with Crippen molar-refractivity contribution in [2.24, 2.45) is 0 Å². The molecular weight excluding hydrogens is 352 g/mol. The summed E-state index contributed by atoms with van der Waals surface area (Å²) >= 11 is 0. The quantitative estimate of drug-likeness (QED) is 0.462. The summed E-state index contributed by atoms with van der Waals surface area (Å²) in [5.74, 6) is 0.799. The zero-order valence-corrected chi connectivity index (χ0v) is 17.1. The number of hydrogen-bond acceptors (Lipinski definition) is 4. The highest BCUT2D eigenvalue weighted by Crippen LogP contribution is 2.29. The van der Waals surface area contributed by atoms with Crippen molar-refractivity contribution in [3.63, 3.8) is 0 Å². The predicted molar refractivity (Wildman–Crippen MR) is 111 cm³/mol. The molecule has 0 aromatic heterocycles. The number of likely N-dealkylation sites (tertiary alicyclic amines) is 1. The van der Waals surface area contributed by atoms with Crippen molar-refractivity contribution in [2.45, 2.75) is 76.8 Å². The van der Waals surface area contributed by atoms with Crippen molar-refractivity contribution < 1.29 is 14.3 Å². The van der Waals surface area contributed by atoms with Gasteiger partial charge >= 0.3 is 0 Å². The number of nitrogens with one attached hydrogen (secondary N) is 1. The lowest BCUT2D eigenvalue weighted by Gasteiger charge is -2.32. The van der Waals surface area contributed by atoms with Gasteiger partial charge in [-0.2, -0.15) is 0 Å². The molecule has 5 nitrogen and oxygen atoms in total. The number of ether oxygens (including phenoxy) is 1. The van der Waals surface area contributed by atoms with Gasteiger partial charge in [0.1, 0.15) is 5.75 Å². The fraction of sp³-hybridized carbons (Fsp3) is 0.652. The maximum Gasteiger partial charge on any atom is 0.220 e. The molecule has 1 aliphatic carbocycles. The van der Waals surface area contributed by atoms with Gasteiger partial charge in [0.05, 0.1) is 6.61 Å². The number of ketones is 1. The van der Waals surface area contributed by atoms with Gasteiger partial charge in [-0.1, -0.05) is 19.8 Å². The second kappa shape index (κ2) is 10.6. The number of unbranched alkanes of at least 4 members (excludes halogenated alkanes) is 2. The van der Waals surface area contributed by atoms with E-state index in [-0.39, 0.29) is 30.6 Å². The maximum absolute atomic E-state index is 12.3. The Morgan fingerprint density at radius 2 is 1.75 bits per heavy atom. The third kappa shape index (κ3) is 6.62. The second-order valence-corrected chi connectivity index (χ2v) is 8.11. The molecule has 1 heterocycles. The van der Waals surface area contributed by atoms with Crippen molar-refractivity contribution >= 4 is 11.7 Å². The lowest BCUT2D eigenvalue weighted by molar-refractivity contribution is -0.122. The van der Waals surface area contributed by atoms with Gasteiger partial charge in [-0.25, -0.2) is 0 Å². The minimum Gasteiger partial charge on any atom is -0.494 e. The van der Waals surface area contributed by atoms with Crippen LogP contribution < -0.4 is 10.1 Å². The van der Waals surface area contributed by atoms with Crippen LogP contribution in [0.15, 0.2) is 24.3 Å². The van der Waals surface area contributed by atoms with Gasteiger partial charge < -0.3 is 15.0 Å². The van der Waals surface area contributed by atoms with E-state index in [4.69, 9.17) is 4.74 Å². The number of Topliss-reactive ketones (excluding diaryl/α,β-unsaturated/α-hetero) is 1. The van der Waals surface area contributed by atoms with E-state index in [0.717, 1.165) is 50.6 Å². The van der Waals surface area contributed by atoms with Crippen LogP contribution in [-0.4, -0.2) is 48.4 Å². The summed E-state index contributed by atoms with van der Waals surface area (Å²) in [6.45, 7) is 5.04. The average Bonchev–Trinajstić information content (AvgIpc) is 3.56. The Kier molecular flexibility index (Phi) is 7.90. The van der Waals surface area contributed by atoms with Crippen LogP contribution in [0.5, 0.6) is 5.75 Å². The fourth-order valence-electron chi connectivity index (χ4n) is 3.80. The van der Waals surface area contributed by atoms with Crippen molar-refractivity contribution in [1.29, 1.82) is 0 Å². The number of benzene rings is 1. The van der Waals surface area contributed by atoms with E-state index in [1.54, 1.807) is 12.1 Å². The standard InChI is InChI=1S/C23H34N2O3/c1-2-3-4-17-28-21-9-5-18(6-10-21)22(26)11-12-23(27)24-19-13-15-25(16-14-19)20-7-8-20/h5-6,9-10,19-20H,2-4,7-8,11-17H2,1H3,(H,24,27). The summed E-state index contributed by atoms with van der Waals surface area (Å²) in [7, 11) is 0. The summed E-state index contributed by atoms with van der Waals surface area (Å²) in [4.78, 5) is 27.1. The molecule has 0 spiro atoms. The van der Waals surface area contributed by atoms with E-state index in [9.17, 15) is 9.59 Å². The number of carbonyl (C=O) groups is 2. The van der Waals surface area contributed by atoms with Crippen molar-refractivity contribution in [3.8, 4) is 5.75 Å². The molecule has 0 unspecified atom stereocenters. The predicted octanol–water partition coefficient (Wildman–Crippen LogP) is 3.96. The largest absolute Gasteiger partial charge is 0.494 e.